The van der Waals surface area contributed by atoms with Gasteiger partial charge in [-0.2, -0.15) is 0 Å². The summed E-state index contributed by atoms with van der Waals surface area (Å²) in [6, 6.07) is 1.94. The maximum absolute atomic E-state index is 11.4. The van der Waals surface area contributed by atoms with E-state index in [0.29, 0.717) is 5.69 Å². The summed E-state index contributed by atoms with van der Waals surface area (Å²) in [5.74, 6) is -0.344. The molecule has 0 saturated heterocycles. The standard InChI is InChI=1S/C10H12N2O2.2ClH/c1-14-10(13)9-8-3-4-11-6-7(8)2-5-12-9;;/h2,5,11H,3-4,6H2,1H3;2*1H. The molecule has 16 heavy (non-hydrogen) atoms. The van der Waals surface area contributed by atoms with Gasteiger partial charge in [-0.3, -0.25) is 0 Å². The van der Waals surface area contributed by atoms with Crippen LogP contribution in [0.4, 0.5) is 0 Å². The molecule has 6 heteroatoms. The summed E-state index contributed by atoms with van der Waals surface area (Å²) in [5, 5.41) is 3.25. The molecule has 0 bridgehead atoms. The van der Waals surface area contributed by atoms with E-state index >= 15 is 0 Å². The molecule has 0 aliphatic carbocycles. The van der Waals surface area contributed by atoms with Crippen molar-refractivity contribution in [2.75, 3.05) is 13.7 Å². The largest absolute Gasteiger partial charge is 0.464 e. The Bertz CT molecular complexity index is 372. The normalized spacial score (nSPS) is 12.8. The van der Waals surface area contributed by atoms with Crippen LogP contribution in [0, 0.1) is 0 Å². The first-order valence-corrected chi connectivity index (χ1v) is 4.58. The minimum absolute atomic E-state index is 0. The minimum atomic E-state index is -0.344. The first kappa shape index (κ1) is 15.2. The zero-order valence-electron chi connectivity index (χ0n) is 8.86. The second-order valence-electron chi connectivity index (χ2n) is 3.22. The fourth-order valence-corrected chi connectivity index (χ4v) is 1.69. The van der Waals surface area contributed by atoms with Gasteiger partial charge in [0.15, 0.2) is 5.69 Å². The van der Waals surface area contributed by atoms with Crippen LogP contribution >= 0.6 is 24.8 Å². The van der Waals surface area contributed by atoms with Gasteiger partial charge in [-0.25, -0.2) is 9.78 Å². The third-order valence-corrected chi connectivity index (χ3v) is 2.40. The molecule has 90 valence electrons. The van der Waals surface area contributed by atoms with E-state index in [1.165, 1.54) is 7.11 Å². The number of nitrogens with one attached hydrogen (secondary N) is 1. The first-order valence-electron chi connectivity index (χ1n) is 4.58. The Labute approximate surface area is 107 Å². The summed E-state index contributed by atoms with van der Waals surface area (Å²) >= 11 is 0. The van der Waals surface area contributed by atoms with Crippen molar-refractivity contribution in [2.45, 2.75) is 13.0 Å². The number of halogens is 2. The Kier molecular flexibility index (Phi) is 6.33. The van der Waals surface area contributed by atoms with Crippen LogP contribution < -0.4 is 5.32 Å². The number of hydrogen-bond donors (Lipinski definition) is 1. The van der Waals surface area contributed by atoms with Crippen LogP contribution in [0.3, 0.4) is 0 Å². The summed E-state index contributed by atoms with van der Waals surface area (Å²) < 4.78 is 4.68. The highest BCUT2D eigenvalue weighted by atomic mass is 35.5. The van der Waals surface area contributed by atoms with Crippen molar-refractivity contribution in [1.82, 2.24) is 10.3 Å². The number of ether oxygens (including phenoxy) is 1. The van der Waals surface area contributed by atoms with Crippen LogP contribution in [-0.4, -0.2) is 24.6 Å². The molecule has 0 saturated carbocycles. The minimum Gasteiger partial charge on any atom is -0.464 e. The summed E-state index contributed by atoms with van der Waals surface area (Å²) in [5.41, 5.74) is 2.64. The molecule has 4 nitrogen and oxygen atoms in total. The van der Waals surface area contributed by atoms with Gasteiger partial charge < -0.3 is 10.1 Å². The van der Waals surface area contributed by atoms with Gasteiger partial charge in [-0.05, 0) is 30.2 Å². The topological polar surface area (TPSA) is 51.2 Å². The van der Waals surface area contributed by atoms with E-state index in [-0.39, 0.29) is 30.8 Å². The van der Waals surface area contributed by atoms with Gasteiger partial charge in [0, 0.05) is 12.7 Å². The lowest BCUT2D eigenvalue weighted by Gasteiger charge is -2.18. The SMILES string of the molecule is COC(=O)c1nccc2c1CCNC2.Cl.Cl. The van der Waals surface area contributed by atoms with Crippen molar-refractivity contribution >= 4 is 30.8 Å². The second kappa shape index (κ2) is 6.68. The molecule has 2 heterocycles. The van der Waals surface area contributed by atoms with E-state index in [9.17, 15) is 4.79 Å². The lowest BCUT2D eigenvalue weighted by molar-refractivity contribution is 0.0592. The van der Waals surface area contributed by atoms with Gasteiger partial charge in [0.1, 0.15) is 0 Å². The number of carbonyl (C=O) groups is 1. The van der Waals surface area contributed by atoms with Gasteiger partial charge in [0.2, 0.25) is 0 Å². The Morgan fingerprint density at radius 3 is 2.94 bits per heavy atom. The van der Waals surface area contributed by atoms with Crippen molar-refractivity contribution in [3.8, 4) is 0 Å². The van der Waals surface area contributed by atoms with Crippen molar-refractivity contribution in [3.05, 3.63) is 29.1 Å². The highest BCUT2D eigenvalue weighted by molar-refractivity contribution is 5.89. The van der Waals surface area contributed by atoms with Gasteiger partial charge in [0.05, 0.1) is 7.11 Å². The number of pyridine rings is 1. The first-order chi connectivity index (χ1) is 6.83. The third kappa shape index (κ3) is 2.84. The number of methoxy groups -OCH3 is 1. The fourth-order valence-electron chi connectivity index (χ4n) is 1.69. The maximum atomic E-state index is 11.4. The summed E-state index contributed by atoms with van der Waals surface area (Å²) in [7, 11) is 1.38. The molecule has 1 aliphatic rings. The van der Waals surface area contributed by atoms with E-state index in [4.69, 9.17) is 0 Å². The van der Waals surface area contributed by atoms with Crippen molar-refractivity contribution in [3.63, 3.8) is 0 Å². The average molecular weight is 265 g/mol. The summed E-state index contributed by atoms with van der Waals surface area (Å²) in [6.45, 7) is 1.70. The van der Waals surface area contributed by atoms with Gasteiger partial charge in [-0.1, -0.05) is 0 Å². The predicted molar refractivity (Wildman–Crippen MR) is 65.5 cm³/mol. The molecule has 0 radical (unpaired) electrons. The Hall–Kier alpha value is -0.840. The smallest absolute Gasteiger partial charge is 0.356 e. The van der Waals surface area contributed by atoms with E-state index in [1.807, 2.05) is 6.07 Å². The number of rotatable bonds is 1. The molecule has 0 unspecified atom stereocenters. The number of nitrogens with zero attached hydrogens (tertiary/aromatic N) is 1. The molecule has 1 aromatic rings. The molecular formula is C10H14Cl2N2O2. The number of fused-ring (bicyclic) bond motifs is 1. The van der Waals surface area contributed by atoms with Crippen LogP contribution in [-0.2, 0) is 17.7 Å². The summed E-state index contributed by atoms with van der Waals surface area (Å²) in [6.07, 6.45) is 2.49. The molecule has 1 aromatic heterocycles. The zero-order chi connectivity index (χ0) is 9.97. The van der Waals surface area contributed by atoms with Gasteiger partial charge in [0.25, 0.3) is 0 Å². The molecule has 1 N–H and O–H groups in total. The number of aromatic nitrogens is 1. The van der Waals surface area contributed by atoms with E-state index in [1.54, 1.807) is 6.20 Å². The molecule has 0 fully saturated rings. The van der Waals surface area contributed by atoms with Gasteiger partial charge >= 0.3 is 5.97 Å². The Balaban J connectivity index is 0.00000112. The monoisotopic (exact) mass is 264 g/mol. The van der Waals surface area contributed by atoms with Crippen molar-refractivity contribution in [2.24, 2.45) is 0 Å². The number of hydrogen-bond acceptors (Lipinski definition) is 4. The molecule has 0 atom stereocenters. The molecule has 0 aromatic carbocycles. The lowest BCUT2D eigenvalue weighted by atomic mass is 10.00. The van der Waals surface area contributed by atoms with Crippen LogP contribution in [0.25, 0.3) is 0 Å². The lowest BCUT2D eigenvalue weighted by Crippen LogP contribution is -2.26. The Morgan fingerprint density at radius 1 is 1.50 bits per heavy atom. The maximum Gasteiger partial charge on any atom is 0.356 e. The summed E-state index contributed by atoms with van der Waals surface area (Å²) in [4.78, 5) is 15.4. The fraction of sp³-hybridized carbons (Fsp3) is 0.400. The van der Waals surface area contributed by atoms with Gasteiger partial charge in [-0.15, -0.1) is 24.8 Å². The van der Waals surface area contributed by atoms with Crippen LogP contribution in [0.1, 0.15) is 21.6 Å². The number of carbonyl (C=O) groups excluding carboxylic acids is 1. The molecule has 1 aliphatic heterocycles. The number of esters is 1. The Morgan fingerprint density at radius 2 is 2.25 bits per heavy atom. The third-order valence-electron chi connectivity index (χ3n) is 2.40. The zero-order valence-corrected chi connectivity index (χ0v) is 10.5. The predicted octanol–water partition coefficient (Wildman–Crippen LogP) is 1.36. The molecule has 2 rings (SSSR count). The highest BCUT2D eigenvalue weighted by Gasteiger charge is 2.18. The molecular weight excluding hydrogens is 251 g/mol. The van der Waals surface area contributed by atoms with Crippen molar-refractivity contribution < 1.29 is 9.53 Å². The van der Waals surface area contributed by atoms with E-state index in [2.05, 4.69) is 15.0 Å². The van der Waals surface area contributed by atoms with Crippen LogP contribution in [0.15, 0.2) is 12.3 Å². The van der Waals surface area contributed by atoms with E-state index < -0.39 is 0 Å². The molecule has 0 spiro atoms. The van der Waals surface area contributed by atoms with Crippen molar-refractivity contribution in [1.29, 1.82) is 0 Å². The van der Waals surface area contributed by atoms with Crippen LogP contribution in [0.2, 0.25) is 0 Å². The second-order valence-corrected chi connectivity index (χ2v) is 3.22. The van der Waals surface area contributed by atoms with Crippen LogP contribution in [0.5, 0.6) is 0 Å². The highest BCUT2D eigenvalue weighted by Crippen LogP contribution is 2.16. The molecule has 0 amide bonds. The van der Waals surface area contributed by atoms with E-state index in [0.717, 1.165) is 30.6 Å². The average Bonchev–Trinajstić information content (AvgIpc) is 2.27. The quantitative estimate of drug-likeness (QED) is 0.779.